The summed E-state index contributed by atoms with van der Waals surface area (Å²) in [5.74, 6) is 0.602. The van der Waals surface area contributed by atoms with Gasteiger partial charge in [-0.05, 0) is 31.2 Å². The molecular formula is C25H28FN3O2. The van der Waals surface area contributed by atoms with Gasteiger partial charge in [0.2, 0.25) is 0 Å². The lowest BCUT2D eigenvalue weighted by Gasteiger charge is -2.37. The first kappa shape index (κ1) is 21.3. The molecule has 1 aliphatic rings. The normalized spacial score (nSPS) is 15.6. The van der Waals surface area contributed by atoms with Crippen molar-refractivity contribution < 1.29 is 14.2 Å². The van der Waals surface area contributed by atoms with Gasteiger partial charge in [0.05, 0.1) is 18.0 Å². The quantitative estimate of drug-likeness (QED) is 0.624. The van der Waals surface area contributed by atoms with Crippen LogP contribution in [0.1, 0.15) is 29.8 Å². The Bertz CT molecular complexity index is 991. The van der Waals surface area contributed by atoms with Gasteiger partial charge in [-0.1, -0.05) is 36.4 Å². The van der Waals surface area contributed by atoms with E-state index in [4.69, 9.17) is 4.74 Å². The molecule has 31 heavy (non-hydrogen) atoms. The molecule has 6 heteroatoms. The zero-order valence-electron chi connectivity index (χ0n) is 17.7. The predicted octanol–water partition coefficient (Wildman–Crippen LogP) is 4.02. The van der Waals surface area contributed by atoms with Crippen LogP contribution in [0.4, 0.5) is 10.1 Å². The zero-order chi connectivity index (χ0) is 21.6. The van der Waals surface area contributed by atoms with Crippen LogP contribution in [0, 0.1) is 5.82 Å². The fraction of sp³-hybridized carbons (Fsp3) is 0.320. The van der Waals surface area contributed by atoms with Crippen LogP contribution in [0.3, 0.4) is 0 Å². The lowest BCUT2D eigenvalue weighted by Crippen LogP contribution is -2.46. The van der Waals surface area contributed by atoms with Gasteiger partial charge in [0.15, 0.2) is 0 Å². The van der Waals surface area contributed by atoms with Crippen LogP contribution in [-0.2, 0) is 6.54 Å². The Kier molecular flexibility index (Phi) is 6.79. The van der Waals surface area contributed by atoms with Gasteiger partial charge in [-0.25, -0.2) is 4.39 Å². The minimum atomic E-state index is -0.969. The number of benzene rings is 2. The van der Waals surface area contributed by atoms with Crippen LogP contribution >= 0.6 is 0 Å². The molecule has 5 nitrogen and oxygen atoms in total. The third-order valence-corrected chi connectivity index (χ3v) is 5.64. The van der Waals surface area contributed by atoms with Crippen LogP contribution < -0.4 is 9.64 Å². The van der Waals surface area contributed by atoms with Crippen LogP contribution in [0.25, 0.3) is 0 Å². The molecule has 2 aromatic carbocycles. The maximum absolute atomic E-state index is 14.9. The minimum Gasteiger partial charge on any atom is -0.494 e. The molecular weight excluding hydrogens is 393 g/mol. The van der Waals surface area contributed by atoms with Gasteiger partial charge in [-0.15, -0.1) is 0 Å². The number of hydrogen-bond acceptors (Lipinski definition) is 5. The average molecular weight is 422 g/mol. The Balaban J connectivity index is 1.48. The summed E-state index contributed by atoms with van der Waals surface area (Å²) in [7, 11) is 0. The molecule has 1 saturated heterocycles. The minimum absolute atomic E-state index is 0.317. The second-order valence-corrected chi connectivity index (χ2v) is 7.64. The van der Waals surface area contributed by atoms with Crippen molar-refractivity contribution in [2.45, 2.75) is 19.6 Å². The van der Waals surface area contributed by atoms with Crippen molar-refractivity contribution in [1.29, 1.82) is 0 Å². The molecule has 0 spiro atoms. The summed E-state index contributed by atoms with van der Waals surface area (Å²) < 4.78 is 20.6. The van der Waals surface area contributed by atoms with Crippen molar-refractivity contribution in [2.75, 3.05) is 37.7 Å². The van der Waals surface area contributed by atoms with Crippen LogP contribution in [-0.4, -0.2) is 47.8 Å². The first-order chi connectivity index (χ1) is 15.2. The topological polar surface area (TPSA) is 48.8 Å². The number of hydrogen-bond donors (Lipinski definition) is 1. The molecule has 1 unspecified atom stereocenters. The summed E-state index contributed by atoms with van der Waals surface area (Å²) in [6, 6.07) is 18.4. The third-order valence-electron chi connectivity index (χ3n) is 5.64. The number of nitrogens with zero attached hydrogens (tertiary/aromatic N) is 3. The number of piperazine rings is 1. The number of aliphatic hydroxyl groups excluding tert-OH is 1. The van der Waals surface area contributed by atoms with E-state index in [9.17, 15) is 9.50 Å². The molecule has 0 saturated carbocycles. The van der Waals surface area contributed by atoms with E-state index >= 15 is 0 Å². The molecule has 2 heterocycles. The van der Waals surface area contributed by atoms with Gasteiger partial charge in [-0.2, -0.15) is 0 Å². The highest BCUT2D eigenvalue weighted by Gasteiger charge is 2.26. The summed E-state index contributed by atoms with van der Waals surface area (Å²) in [5, 5.41) is 10.9. The average Bonchev–Trinajstić information content (AvgIpc) is 2.81. The molecule has 1 fully saturated rings. The molecule has 1 atom stereocenters. The van der Waals surface area contributed by atoms with E-state index in [1.807, 2.05) is 36.1 Å². The van der Waals surface area contributed by atoms with Crippen molar-refractivity contribution in [3.05, 3.63) is 89.5 Å². The van der Waals surface area contributed by atoms with Gasteiger partial charge in [-0.3, -0.25) is 9.88 Å². The summed E-state index contributed by atoms with van der Waals surface area (Å²) in [6.07, 6.45) is 0.666. The van der Waals surface area contributed by atoms with Gasteiger partial charge >= 0.3 is 0 Å². The zero-order valence-corrected chi connectivity index (χ0v) is 17.7. The lowest BCUT2D eigenvalue weighted by molar-refractivity contribution is 0.213. The number of aliphatic hydroxyl groups is 1. The van der Waals surface area contributed by atoms with E-state index in [1.165, 1.54) is 6.07 Å². The first-order valence-electron chi connectivity index (χ1n) is 10.7. The van der Waals surface area contributed by atoms with Crippen molar-refractivity contribution in [1.82, 2.24) is 9.88 Å². The van der Waals surface area contributed by atoms with Crippen LogP contribution in [0.2, 0.25) is 0 Å². The number of aromatic nitrogens is 1. The predicted molar refractivity (Wildman–Crippen MR) is 120 cm³/mol. The number of halogens is 1. The van der Waals surface area contributed by atoms with E-state index in [2.05, 4.69) is 16.0 Å². The largest absolute Gasteiger partial charge is 0.494 e. The van der Waals surface area contributed by atoms with Crippen LogP contribution in [0.15, 0.2) is 66.9 Å². The molecule has 1 aromatic heterocycles. The van der Waals surface area contributed by atoms with Crippen LogP contribution in [0.5, 0.6) is 5.75 Å². The summed E-state index contributed by atoms with van der Waals surface area (Å²) in [5.41, 5.74) is 2.69. The lowest BCUT2D eigenvalue weighted by atomic mass is 10.0. The monoisotopic (exact) mass is 421 g/mol. The molecule has 3 aromatic rings. The second-order valence-electron chi connectivity index (χ2n) is 7.64. The molecule has 1 N–H and O–H groups in total. The Morgan fingerprint density at radius 3 is 2.52 bits per heavy atom. The number of rotatable bonds is 7. The highest BCUT2D eigenvalue weighted by molar-refractivity contribution is 5.57. The highest BCUT2D eigenvalue weighted by Crippen LogP contribution is 2.33. The number of pyridine rings is 1. The van der Waals surface area contributed by atoms with Crippen molar-refractivity contribution in [3.63, 3.8) is 0 Å². The van der Waals surface area contributed by atoms with Gasteiger partial charge in [0.25, 0.3) is 0 Å². The summed E-state index contributed by atoms with van der Waals surface area (Å²) >= 11 is 0. The third kappa shape index (κ3) is 4.86. The van der Waals surface area contributed by atoms with E-state index in [0.717, 1.165) is 30.9 Å². The first-order valence-corrected chi connectivity index (χ1v) is 10.7. The Morgan fingerprint density at radius 2 is 1.77 bits per heavy atom. The standard InChI is InChI=1S/C25H28FN3O2/c1-2-31-23-12-4-3-8-19(23)18-28-14-16-29(17-15-28)24-20(9-7-10-21(24)26)25(30)22-11-5-6-13-27-22/h3-13,25,30H,2,14-18H2,1H3. The van der Waals surface area contributed by atoms with E-state index in [0.29, 0.717) is 36.6 Å². The van der Waals surface area contributed by atoms with E-state index < -0.39 is 6.10 Å². The fourth-order valence-electron chi connectivity index (χ4n) is 4.08. The smallest absolute Gasteiger partial charge is 0.146 e. The molecule has 0 amide bonds. The molecule has 4 rings (SSSR count). The van der Waals surface area contributed by atoms with Crippen molar-refractivity contribution in [2.24, 2.45) is 0 Å². The molecule has 1 aliphatic heterocycles. The molecule has 0 bridgehead atoms. The Hall–Kier alpha value is -2.96. The maximum atomic E-state index is 14.9. The van der Waals surface area contributed by atoms with Gasteiger partial charge < -0.3 is 14.7 Å². The van der Waals surface area contributed by atoms with Crippen molar-refractivity contribution >= 4 is 5.69 Å². The van der Waals surface area contributed by atoms with E-state index in [1.54, 1.807) is 30.5 Å². The number of ether oxygens (including phenoxy) is 1. The second kappa shape index (κ2) is 9.90. The Labute approximate surface area is 182 Å². The van der Waals surface area contributed by atoms with Gasteiger partial charge in [0, 0.05) is 50.0 Å². The Morgan fingerprint density at radius 1 is 1.00 bits per heavy atom. The summed E-state index contributed by atoms with van der Waals surface area (Å²) in [4.78, 5) is 8.62. The maximum Gasteiger partial charge on any atom is 0.146 e. The number of para-hydroxylation sites is 2. The molecule has 162 valence electrons. The molecule has 0 aliphatic carbocycles. The number of anilines is 1. The van der Waals surface area contributed by atoms with E-state index in [-0.39, 0.29) is 5.82 Å². The fourth-order valence-corrected chi connectivity index (χ4v) is 4.08. The van der Waals surface area contributed by atoms with Gasteiger partial charge in [0.1, 0.15) is 17.7 Å². The summed E-state index contributed by atoms with van der Waals surface area (Å²) in [6.45, 7) is 6.38. The van der Waals surface area contributed by atoms with Crippen molar-refractivity contribution in [3.8, 4) is 5.75 Å². The highest BCUT2D eigenvalue weighted by atomic mass is 19.1. The molecule has 0 radical (unpaired) electrons. The SMILES string of the molecule is CCOc1ccccc1CN1CCN(c2c(F)cccc2C(O)c2ccccn2)CC1.